The molecule has 0 saturated heterocycles. The minimum absolute atomic E-state index is 0.157. The Labute approximate surface area is 186 Å². The molecule has 1 heterocycles. The Kier molecular flexibility index (Phi) is 6.12. The van der Waals surface area contributed by atoms with E-state index in [1.165, 1.54) is 6.92 Å². The number of anilines is 1. The van der Waals surface area contributed by atoms with Crippen LogP contribution in [0.2, 0.25) is 0 Å². The highest BCUT2D eigenvalue weighted by Gasteiger charge is 2.24. The van der Waals surface area contributed by atoms with Crippen molar-refractivity contribution in [2.75, 3.05) is 5.32 Å². The van der Waals surface area contributed by atoms with Crippen LogP contribution in [0.15, 0.2) is 83.5 Å². The second-order valence-electron chi connectivity index (χ2n) is 7.35. The largest absolute Gasteiger partial charge is 0.488 e. The maximum atomic E-state index is 12.4. The van der Waals surface area contributed by atoms with Crippen molar-refractivity contribution in [2.24, 2.45) is 4.99 Å². The van der Waals surface area contributed by atoms with Crippen LogP contribution in [0.25, 0.3) is 6.08 Å². The number of ether oxygens (including phenoxy) is 2. The zero-order valence-corrected chi connectivity index (χ0v) is 17.8. The summed E-state index contributed by atoms with van der Waals surface area (Å²) in [6.07, 6.45) is 1.66. The number of hydrogen-bond acceptors (Lipinski definition) is 5. The Bertz CT molecular complexity index is 1230. The fourth-order valence-electron chi connectivity index (χ4n) is 3.24. The number of amides is 1. The van der Waals surface area contributed by atoms with Gasteiger partial charge in [-0.25, -0.2) is 9.79 Å². The number of benzene rings is 3. The first kappa shape index (κ1) is 21.1. The molecule has 6 heteroatoms. The van der Waals surface area contributed by atoms with Crippen LogP contribution in [0.1, 0.15) is 29.2 Å². The quantitative estimate of drug-likeness (QED) is 0.450. The van der Waals surface area contributed by atoms with E-state index < -0.39 is 5.97 Å². The maximum Gasteiger partial charge on any atom is 0.363 e. The second-order valence-corrected chi connectivity index (χ2v) is 7.35. The van der Waals surface area contributed by atoms with Crippen molar-refractivity contribution in [3.63, 3.8) is 0 Å². The Hall–Kier alpha value is -4.19. The van der Waals surface area contributed by atoms with Crippen LogP contribution >= 0.6 is 0 Å². The lowest BCUT2D eigenvalue weighted by molar-refractivity contribution is -0.129. The van der Waals surface area contributed by atoms with Crippen molar-refractivity contribution in [3.05, 3.63) is 101 Å². The molecule has 1 aliphatic heterocycles. The Balaban J connectivity index is 1.55. The van der Waals surface area contributed by atoms with Gasteiger partial charge >= 0.3 is 5.97 Å². The number of carbonyl (C=O) groups excluding carboxylic acids is 2. The summed E-state index contributed by atoms with van der Waals surface area (Å²) in [5, 5.41) is 2.69. The lowest BCUT2D eigenvalue weighted by Gasteiger charge is -2.11. The fourth-order valence-corrected chi connectivity index (χ4v) is 3.24. The Morgan fingerprint density at radius 1 is 1.03 bits per heavy atom. The Morgan fingerprint density at radius 3 is 2.50 bits per heavy atom. The van der Waals surface area contributed by atoms with E-state index in [0.29, 0.717) is 23.6 Å². The molecule has 6 nitrogen and oxygen atoms in total. The number of nitrogens with one attached hydrogen (secondary N) is 1. The number of rotatable bonds is 6. The van der Waals surface area contributed by atoms with Crippen molar-refractivity contribution >= 4 is 29.5 Å². The van der Waals surface area contributed by atoms with Gasteiger partial charge in [0.15, 0.2) is 5.70 Å². The van der Waals surface area contributed by atoms with E-state index >= 15 is 0 Å². The van der Waals surface area contributed by atoms with E-state index in [1.807, 2.05) is 55.5 Å². The lowest BCUT2D eigenvalue weighted by atomic mass is 10.1. The molecule has 3 aromatic rings. The smallest absolute Gasteiger partial charge is 0.363 e. The molecule has 0 aliphatic carbocycles. The van der Waals surface area contributed by atoms with Gasteiger partial charge in [0.05, 0.1) is 0 Å². The number of carbonyl (C=O) groups is 2. The summed E-state index contributed by atoms with van der Waals surface area (Å²) in [4.78, 5) is 27.9. The second kappa shape index (κ2) is 9.31. The van der Waals surface area contributed by atoms with Gasteiger partial charge in [-0.2, -0.15) is 0 Å². The molecule has 0 bridgehead atoms. The van der Waals surface area contributed by atoms with Gasteiger partial charge in [0.25, 0.3) is 0 Å². The molecule has 0 spiro atoms. The van der Waals surface area contributed by atoms with Gasteiger partial charge in [-0.3, -0.25) is 4.79 Å². The number of nitrogens with zero attached hydrogens (tertiary/aromatic N) is 1. The molecule has 3 aromatic carbocycles. The predicted molar refractivity (Wildman–Crippen MR) is 123 cm³/mol. The fraction of sp³-hybridized carbons (Fsp3) is 0.115. The average molecular weight is 426 g/mol. The highest BCUT2D eigenvalue weighted by Crippen LogP contribution is 2.26. The third-order valence-corrected chi connectivity index (χ3v) is 4.93. The van der Waals surface area contributed by atoms with Gasteiger partial charge in [-0.15, -0.1) is 0 Å². The van der Waals surface area contributed by atoms with Crippen molar-refractivity contribution in [1.29, 1.82) is 0 Å². The van der Waals surface area contributed by atoms with E-state index in [0.717, 1.165) is 16.7 Å². The van der Waals surface area contributed by atoms with E-state index in [9.17, 15) is 9.59 Å². The summed E-state index contributed by atoms with van der Waals surface area (Å²) in [7, 11) is 0. The van der Waals surface area contributed by atoms with Crippen LogP contribution < -0.4 is 10.1 Å². The van der Waals surface area contributed by atoms with Crippen LogP contribution in [0.5, 0.6) is 5.75 Å². The minimum Gasteiger partial charge on any atom is -0.488 e. The summed E-state index contributed by atoms with van der Waals surface area (Å²) < 4.78 is 11.4. The van der Waals surface area contributed by atoms with E-state index in [4.69, 9.17) is 9.47 Å². The highest BCUT2D eigenvalue weighted by molar-refractivity contribution is 6.13. The minimum atomic E-state index is -0.528. The molecule has 0 atom stereocenters. The number of esters is 1. The number of para-hydroxylation sites is 1. The van der Waals surface area contributed by atoms with Gasteiger partial charge in [-0.05, 0) is 54.5 Å². The summed E-state index contributed by atoms with van der Waals surface area (Å²) in [5.41, 5.74) is 4.47. The molecule has 4 rings (SSSR count). The number of aliphatic imine (C=N–C) groups is 1. The number of aryl methyl sites for hydroxylation is 1. The standard InChI is InChI=1S/C26H22N2O4/c1-17-7-3-4-9-21(17)16-31-24-10-6-5-8-20(24)15-23-26(30)32-25(28-23)19-11-13-22(14-12-19)27-18(2)29/h3-15H,16H2,1-2H3,(H,27,29)/b23-15-. The van der Waals surface area contributed by atoms with Gasteiger partial charge in [0.2, 0.25) is 11.8 Å². The number of cyclic esters (lactones) is 1. The van der Waals surface area contributed by atoms with E-state index in [-0.39, 0.29) is 17.5 Å². The van der Waals surface area contributed by atoms with Gasteiger partial charge < -0.3 is 14.8 Å². The first-order valence-corrected chi connectivity index (χ1v) is 10.2. The summed E-state index contributed by atoms with van der Waals surface area (Å²) in [6, 6.07) is 22.4. The molecular weight excluding hydrogens is 404 g/mol. The lowest BCUT2D eigenvalue weighted by Crippen LogP contribution is -2.07. The summed E-state index contributed by atoms with van der Waals surface area (Å²) in [6.45, 7) is 3.91. The third-order valence-electron chi connectivity index (χ3n) is 4.93. The highest BCUT2D eigenvalue weighted by atomic mass is 16.6. The molecular formula is C26H22N2O4. The predicted octanol–water partition coefficient (Wildman–Crippen LogP) is 4.88. The van der Waals surface area contributed by atoms with Crippen LogP contribution in [0, 0.1) is 6.92 Å². The topological polar surface area (TPSA) is 77.0 Å². The van der Waals surface area contributed by atoms with Gasteiger partial charge in [0.1, 0.15) is 12.4 Å². The van der Waals surface area contributed by atoms with Crippen molar-refractivity contribution in [3.8, 4) is 5.75 Å². The molecule has 160 valence electrons. The number of hydrogen-bond donors (Lipinski definition) is 1. The normalized spacial score (nSPS) is 14.1. The average Bonchev–Trinajstić information content (AvgIpc) is 3.14. The first-order chi connectivity index (χ1) is 15.5. The van der Waals surface area contributed by atoms with E-state index in [2.05, 4.69) is 10.3 Å². The molecule has 0 fully saturated rings. The molecule has 0 saturated carbocycles. The Morgan fingerprint density at radius 2 is 1.75 bits per heavy atom. The summed E-state index contributed by atoms with van der Waals surface area (Å²) >= 11 is 0. The first-order valence-electron chi connectivity index (χ1n) is 10.2. The molecule has 1 aliphatic rings. The monoisotopic (exact) mass is 426 g/mol. The van der Waals surface area contributed by atoms with Crippen molar-refractivity contribution in [2.45, 2.75) is 20.5 Å². The van der Waals surface area contributed by atoms with Crippen LogP contribution in [0.3, 0.4) is 0 Å². The molecule has 1 N–H and O–H groups in total. The molecule has 0 aromatic heterocycles. The molecule has 32 heavy (non-hydrogen) atoms. The zero-order valence-electron chi connectivity index (χ0n) is 17.8. The zero-order chi connectivity index (χ0) is 22.5. The molecule has 0 radical (unpaired) electrons. The van der Waals surface area contributed by atoms with Crippen LogP contribution in [-0.2, 0) is 20.9 Å². The molecule has 1 amide bonds. The third kappa shape index (κ3) is 4.92. The van der Waals surface area contributed by atoms with E-state index in [1.54, 1.807) is 30.3 Å². The summed E-state index contributed by atoms with van der Waals surface area (Å²) in [5.74, 6) is 0.184. The van der Waals surface area contributed by atoms with Crippen molar-refractivity contribution < 1.29 is 19.1 Å². The van der Waals surface area contributed by atoms with Gasteiger partial charge in [-0.1, -0.05) is 42.5 Å². The maximum absolute atomic E-state index is 12.4. The SMILES string of the molecule is CC(=O)Nc1ccc(C2=N/C(=C\c3ccccc3OCc3ccccc3C)C(=O)O2)cc1. The van der Waals surface area contributed by atoms with Crippen LogP contribution in [0.4, 0.5) is 5.69 Å². The van der Waals surface area contributed by atoms with Gasteiger partial charge in [0, 0.05) is 23.7 Å². The van der Waals surface area contributed by atoms with Crippen molar-refractivity contribution in [1.82, 2.24) is 0 Å². The van der Waals surface area contributed by atoms with Crippen LogP contribution in [-0.4, -0.2) is 17.8 Å². The molecule has 0 unspecified atom stereocenters.